The quantitative estimate of drug-likeness (QED) is 0.775. The van der Waals surface area contributed by atoms with Crippen molar-refractivity contribution in [1.29, 1.82) is 0 Å². The number of fused-ring (bicyclic) bond motifs is 1. The molecule has 1 saturated heterocycles. The Balaban J connectivity index is 1.27. The summed E-state index contributed by atoms with van der Waals surface area (Å²) in [6, 6.07) is 5.96. The molecule has 32 heavy (non-hydrogen) atoms. The van der Waals surface area contributed by atoms with Gasteiger partial charge < -0.3 is 9.64 Å². The van der Waals surface area contributed by atoms with Gasteiger partial charge in [-0.1, -0.05) is 12.1 Å². The molecule has 1 N–H and O–H groups in total. The number of piperidine rings is 1. The first kappa shape index (κ1) is 21.0. The minimum atomic E-state index is -0.470. The van der Waals surface area contributed by atoms with E-state index >= 15 is 0 Å². The molecule has 8 heteroatoms. The molecule has 0 aromatic carbocycles. The van der Waals surface area contributed by atoms with Gasteiger partial charge in [-0.2, -0.15) is 4.98 Å². The lowest BCUT2D eigenvalue weighted by atomic mass is 9.75. The highest BCUT2D eigenvalue weighted by Gasteiger charge is 2.40. The molecule has 2 aliphatic carbocycles. The number of carbonyl (C=O) groups excluding carboxylic acids is 2. The molecule has 8 nitrogen and oxygen atoms in total. The SMILES string of the molecule is CC(C)(C)OC(=O)N1CCC2(CC=C(c3cccc4nc(NC(=O)C5CC5)nn34)C2)CC1. The number of rotatable bonds is 3. The number of pyridine rings is 1. The van der Waals surface area contributed by atoms with Crippen LogP contribution in [0.3, 0.4) is 0 Å². The van der Waals surface area contributed by atoms with Crippen LogP contribution in [0.2, 0.25) is 0 Å². The predicted octanol–water partition coefficient (Wildman–Crippen LogP) is 4.27. The van der Waals surface area contributed by atoms with Crippen LogP contribution in [0.4, 0.5) is 10.7 Å². The van der Waals surface area contributed by atoms with Crippen molar-refractivity contribution in [2.75, 3.05) is 18.4 Å². The summed E-state index contributed by atoms with van der Waals surface area (Å²) < 4.78 is 7.38. The van der Waals surface area contributed by atoms with E-state index in [1.165, 1.54) is 5.57 Å². The Labute approximate surface area is 188 Å². The van der Waals surface area contributed by atoms with E-state index in [2.05, 4.69) is 27.5 Å². The maximum absolute atomic E-state index is 12.4. The van der Waals surface area contributed by atoms with Gasteiger partial charge in [0.2, 0.25) is 11.9 Å². The molecule has 2 aromatic rings. The molecule has 1 spiro atoms. The monoisotopic (exact) mass is 437 g/mol. The minimum absolute atomic E-state index is 0.0123. The van der Waals surface area contributed by atoms with Crippen LogP contribution < -0.4 is 5.32 Å². The molecule has 2 fully saturated rings. The number of carbonyl (C=O) groups is 2. The first-order valence-electron chi connectivity index (χ1n) is 11.6. The second kappa shape index (κ2) is 7.60. The Morgan fingerprint density at radius 2 is 1.94 bits per heavy atom. The van der Waals surface area contributed by atoms with E-state index in [1.54, 1.807) is 0 Å². The summed E-state index contributed by atoms with van der Waals surface area (Å²) in [4.78, 5) is 30.8. The van der Waals surface area contributed by atoms with Crippen LogP contribution in [0.15, 0.2) is 24.3 Å². The molecule has 0 radical (unpaired) electrons. The number of amides is 2. The zero-order valence-corrected chi connectivity index (χ0v) is 19.1. The van der Waals surface area contributed by atoms with E-state index in [0.29, 0.717) is 5.95 Å². The number of ether oxygens (including phenoxy) is 1. The summed E-state index contributed by atoms with van der Waals surface area (Å²) in [5.74, 6) is 0.497. The molecular weight excluding hydrogens is 406 g/mol. The van der Waals surface area contributed by atoms with Gasteiger partial charge in [-0.15, -0.1) is 5.10 Å². The average Bonchev–Trinajstić information content (AvgIpc) is 3.39. The molecule has 5 rings (SSSR count). The van der Waals surface area contributed by atoms with Gasteiger partial charge >= 0.3 is 6.09 Å². The standard InChI is InChI=1S/C24H31N5O3/c1-23(2,3)32-22(31)28-13-11-24(12-14-28)10-9-17(15-24)18-5-4-6-19-25-21(27-29(18)19)26-20(30)16-7-8-16/h4-6,9,16H,7-8,10-15H2,1-3H3,(H,26,27,30). The molecule has 0 bridgehead atoms. The van der Waals surface area contributed by atoms with Crippen LogP contribution in [0.25, 0.3) is 11.2 Å². The third kappa shape index (κ3) is 4.23. The number of nitrogens with zero attached hydrogens (tertiary/aromatic N) is 4. The molecule has 1 aliphatic heterocycles. The van der Waals surface area contributed by atoms with E-state index in [9.17, 15) is 9.59 Å². The Hall–Kier alpha value is -2.90. The summed E-state index contributed by atoms with van der Waals surface area (Å²) in [5, 5.41) is 7.42. The third-order valence-corrected chi connectivity index (χ3v) is 6.69. The third-order valence-electron chi connectivity index (χ3n) is 6.69. The second-order valence-electron chi connectivity index (χ2n) is 10.5. The van der Waals surface area contributed by atoms with Crippen molar-refractivity contribution < 1.29 is 14.3 Å². The van der Waals surface area contributed by atoms with Gasteiger partial charge in [0.25, 0.3) is 0 Å². The van der Waals surface area contributed by atoms with Gasteiger partial charge in [-0.05, 0) is 82.4 Å². The average molecular weight is 438 g/mol. The lowest BCUT2D eigenvalue weighted by Crippen LogP contribution is -2.44. The van der Waals surface area contributed by atoms with E-state index in [0.717, 1.165) is 63.0 Å². The lowest BCUT2D eigenvalue weighted by Gasteiger charge is -2.40. The molecule has 1 saturated carbocycles. The molecular formula is C24H31N5O3. The van der Waals surface area contributed by atoms with Gasteiger partial charge in [0.15, 0.2) is 5.65 Å². The normalized spacial score (nSPS) is 20.5. The van der Waals surface area contributed by atoms with Crippen molar-refractivity contribution in [2.45, 2.75) is 64.9 Å². The first-order chi connectivity index (χ1) is 15.2. The van der Waals surface area contributed by atoms with Crippen molar-refractivity contribution >= 4 is 29.2 Å². The van der Waals surface area contributed by atoms with Gasteiger partial charge in [0.1, 0.15) is 5.60 Å². The van der Waals surface area contributed by atoms with Gasteiger partial charge in [-0.3, -0.25) is 10.1 Å². The number of allylic oxidation sites excluding steroid dienone is 2. The molecule has 3 aliphatic rings. The topological polar surface area (TPSA) is 88.8 Å². The van der Waals surface area contributed by atoms with Crippen molar-refractivity contribution in [3.8, 4) is 0 Å². The predicted molar refractivity (Wildman–Crippen MR) is 121 cm³/mol. The van der Waals surface area contributed by atoms with Crippen molar-refractivity contribution in [2.24, 2.45) is 11.3 Å². The fourth-order valence-corrected chi connectivity index (χ4v) is 4.71. The molecule has 2 amide bonds. The molecule has 170 valence electrons. The molecule has 3 heterocycles. The summed E-state index contributed by atoms with van der Waals surface area (Å²) in [7, 11) is 0. The van der Waals surface area contributed by atoms with Gasteiger partial charge in [-0.25, -0.2) is 9.31 Å². The number of hydrogen-bond acceptors (Lipinski definition) is 5. The zero-order valence-electron chi connectivity index (χ0n) is 19.1. The van der Waals surface area contributed by atoms with Gasteiger partial charge in [0, 0.05) is 19.0 Å². The van der Waals surface area contributed by atoms with Crippen LogP contribution in [-0.2, 0) is 9.53 Å². The van der Waals surface area contributed by atoms with E-state index in [4.69, 9.17) is 4.74 Å². The largest absolute Gasteiger partial charge is 0.444 e. The molecule has 0 atom stereocenters. The second-order valence-corrected chi connectivity index (χ2v) is 10.5. The van der Waals surface area contributed by atoms with E-state index in [1.807, 2.05) is 42.3 Å². The van der Waals surface area contributed by atoms with Crippen LogP contribution in [0.5, 0.6) is 0 Å². The van der Waals surface area contributed by atoms with Gasteiger partial charge in [0.05, 0.1) is 5.69 Å². The summed E-state index contributed by atoms with van der Waals surface area (Å²) in [5.41, 5.74) is 2.72. The Morgan fingerprint density at radius 3 is 2.62 bits per heavy atom. The van der Waals surface area contributed by atoms with E-state index in [-0.39, 0.29) is 23.3 Å². The highest BCUT2D eigenvalue weighted by Crippen LogP contribution is 2.48. The number of aromatic nitrogens is 3. The smallest absolute Gasteiger partial charge is 0.410 e. The maximum atomic E-state index is 12.4. The highest BCUT2D eigenvalue weighted by atomic mass is 16.6. The Morgan fingerprint density at radius 1 is 1.19 bits per heavy atom. The summed E-state index contributed by atoms with van der Waals surface area (Å²) >= 11 is 0. The fraction of sp³-hybridized carbons (Fsp3) is 0.583. The van der Waals surface area contributed by atoms with Crippen LogP contribution in [0, 0.1) is 11.3 Å². The number of hydrogen-bond donors (Lipinski definition) is 1. The molecule has 0 unspecified atom stereocenters. The summed E-state index contributed by atoms with van der Waals surface area (Å²) in [6.45, 7) is 7.15. The number of nitrogens with one attached hydrogen (secondary N) is 1. The van der Waals surface area contributed by atoms with Crippen molar-refractivity contribution in [1.82, 2.24) is 19.5 Å². The minimum Gasteiger partial charge on any atom is -0.444 e. The van der Waals surface area contributed by atoms with Crippen LogP contribution in [-0.4, -0.2) is 50.2 Å². The Bertz CT molecular complexity index is 1080. The van der Waals surface area contributed by atoms with Crippen molar-refractivity contribution in [3.05, 3.63) is 30.0 Å². The van der Waals surface area contributed by atoms with Crippen molar-refractivity contribution in [3.63, 3.8) is 0 Å². The first-order valence-corrected chi connectivity index (χ1v) is 11.6. The van der Waals surface area contributed by atoms with Crippen LogP contribution in [0.1, 0.15) is 65.0 Å². The summed E-state index contributed by atoms with van der Waals surface area (Å²) in [6.07, 6.45) is 7.87. The zero-order chi connectivity index (χ0) is 22.5. The number of likely N-dealkylation sites (tertiary alicyclic amines) is 1. The Kier molecular flexibility index (Phi) is 4.98. The number of anilines is 1. The van der Waals surface area contributed by atoms with E-state index < -0.39 is 5.60 Å². The highest BCUT2D eigenvalue weighted by molar-refractivity contribution is 5.92. The maximum Gasteiger partial charge on any atom is 0.410 e. The van der Waals surface area contributed by atoms with Crippen LogP contribution >= 0.6 is 0 Å². The fourth-order valence-electron chi connectivity index (χ4n) is 4.71. The lowest BCUT2D eigenvalue weighted by molar-refractivity contribution is -0.117. The molecule has 2 aromatic heterocycles.